The summed E-state index contributed by atoms with van der Waals surface area (Å²) < 4.78 is 10.9. The summed E-state index contributed by atoms with van der Waals surface area (Å²) in [6.07, 6.45) is 4.70. The molecule has 2 aromatic heterocycles. The van der Waals surface area contributed by atoms with Crippen LogP contribution in [0.2, 0.25) is 0 Å². The molecule has 0 radical (unpaired) electrons. The molecule has 1 saturated carbocycles. The van der Waals surface area contributed by atoms with Crippen molar-refractivity contribution in [1.29, 1.82) is 0 Å². The SMILES string of the molecule is COC1(c2noc(-c3ccnc(CN)c3)n2)CCC1. The van der Waals surface area contributed by atoms with E-state index in [9.17, 15) is 0 Å². The lowest BCUT2D eigenvalue weighted by Crippen LogP contribution is -2.37. The Morgan fingerprint density at radius 3 is 2.95 bits per heavy atom. The van der Waals surface area contributed by atoms with E-state index in [0.29, 0.717) is 18.3 Å². The molecule has 1 aliphatic carbocycles. The Morgan fingerprint density at radius 1 is 1.47 bits per heavy atom. The molecular formula is C13H16N4O2. The highest BCUT2D eigenvalue weighted by Gasteiger charge is 2.43. The third-order valence-corrected chi connectivity index (χ3v) is 3.66. The van der Waals surface area contributed by atoms with Crippen molar-refractivity contribution in [2.75, 3.05) is 7.11 Å². The van der Waals surface area contributed by atoms with Gasteiger partial charge in [0.15, 0.2) is 0 Å². The Balaban J connectivity index is 1.92. The molecule has 6 heteroatoms. The van der Waals surface area contributed by atoms with E-state index in [-0.39, 0.29) is 5.60 Å². The van der Waals surface area contributed by atoms with Gasteiger partial charge in [0.05, 0.1) is 5.69 Å². The average molecular weight is 260 g/mol. The molecule has 0 saturated heterocycles. The third-order valence-electron chi connectivity index (χ3n) is 3.66. The van der Waals surface area contributed by atoms with Crippen LogP contribution in [-0.2, 0) is 16.9 Å². The molecule has 0 unspecified atom stereocenters. The first-order chi connectivity index (χ1) is 9.27. The second kappa shape index (κ2) is 4.71. The van der Waals surface area contributed by atoms with Gasteiger partial charge in [-0.15, -0.1) is 0 Å². The van der Waals surface area contributed by atoms with Gasteiger partial charge in [-0.2, -0.15) is 4.98 Å². The predicted molar refractivity (Wildman–Crippen MR) is 68.0 cm³/mol. The molecule has 19 heavy (non-hydrogen) atoms. The van der Waals surface area contributed by atoms with Gasteiger partial charge in [0.2, 0.25) is 5.82 Å². The summed E-state index contributed by atoms with van der Waals surface area (Å²) >= 11 is 0. The molecule has 6 nitrogen and oxygen atoms in total. The fourth-order valence-electron chi connectivity index (χ4n) is 2.27. The van der Waals surface area contributed by atoms with E-state index < -0.39 is 0 Å². The van der Waals surface area contributed by atoms with Crippen molar-refractivity contribution < 1.29 is 9.26 Å². The van der Waals surface area contributed by atoms with Gasteiger partial charge in [0.1, 0.15) is 5.60 Å². The highest BCUT2D eigenvalue weighted by Crippen LogP contribution is 2.43. The van der Waals surface area contributed by atoms with Gasteiger partial charge in [-0.1, -0.05) is 5.16 Å². The van der Waals surface area contributed by atoms with Gasteiger partial charge in [0, 0.05) is 25.4 Å². The van der Waals surface area contributed by atoms with Crippen LogP contribution in [0.25, 0.3) is 11.5 Å². The summed E-state index contributed by atoms with van der Waals surface area (Å²) in [4.78, 5) is 8.59. The molecule has 2 N–H and O–H groups in total. The van der Waals surface area contributed by atoms with E-state index in [0.717, 1.165) is 30.5 Å². The van der Waals surface area contributed by atoms with Crippen LogP contribution in [0.1, 0.15) is 30.8 Å². The van der Waals surface area contributed by atoms with Crippen molar-refractivity contribution in [3.05, 3.63) is 29.8 Å². The molecule has 100 valence electrons. The van der Waals surface area contributed by atoms with Crippen molar-refractivity contribution in [3.8, 4) is 11.5 Å². The van der Waals surface area contributed by atoms with Crippen LogP contribution < -0.4 is 5.73 Å². The summed E-state index contributed by atoms with van der Waals surface area (Å²) in [5.74, 6) is 1.11. The largest absolute Gasteiger partial charge is 0.370 e. The zero-order valence-electron chi connectivity index (χ0n) is 10.8. The lowest BCUT2D eigenvalue weighted by Gasteiger charge is -2.37. The standard InChI is InChI=1S/C13H16N4O2/c1-18-13(4-2-5-13)12-16-11(19-17-12)9-3-6-15-10(7-9)8-14/h3,6-7H,2,4-5,8,14H2,1H3. The zero-order valence-corrected chi connectivity index (χ0v) is 10.8. The number of rotatable bonds is 4. The Bertz CT molecular complexity index is 572. The number of ether oxygens (including phenoxy) is 1. The minimum atomic E-state index is -0.356. The molecule has 1 fully saturated rings. The smallest absolute Gasteiger partial charge is 0.258 e. The highest BCUT2D eigenvalue weighted by atomic mass is 16.5. The minimum absolute atomic E-state index is 0.356. The lowest BCUT2D eigenvalue weighted by atomic mass is 9.79. The lowest BCUT2D eigenvalue weighted by molar-refractivity contribution is -0.0858. The summed E-state index contributed by atoms with van der Waals surface area (Å²) in [6, 6.07) is 3.69. The third kappa shape index (κ3) is 2.02. The number of aromatic nitrogens is 3. The Labute approximate surface area is 111 Å². The monoisotopic (exact) mass is 260 g/mol. The quantitative estimate of drug-likeness (QED) is 0.898. The molecule has 0 aromatic carbocycles. The number of pyridine rings is 1. The first-order valence-electron chi connectivity index (χ1n) is 6.32. The molecule has 0 aliphatic heterocycles. The van der Waals surface area contributed by atoms with Crippen LogP contribution in [0.15, 0.2) is 22.9 Å². The fraction of sp³-hybridized carbons (Fsp3) is 0.462. The summed E-state index contributed by atoms with van der Waals surface area (Å²) in [7, 11) is 1.69. The number of nitrogens with zero attached hydrogens (tertiary/aromatic N) is 3. The highest BCUT2D eigenvalue weighted by molar-refractivity contribution is 5.52. The second-order valence-electron chi connectivity index (χ2n) is 4.72. The van der Waals surface area contributed by atoms with Gasteiger partial charge in [-0.05, 0) is 31.4 Å². The molecule has 2 heterocycles. The zero-order chi connectivity index (χ0) is 13.3. The van der Waals surface area contributed by atoms with Crippen molar-refractivity contribution in [3.63, 3.8) is 0 Å². The van der Waals surface area contributed by atoms with Gasteiger partial charge in [0.25, 0.3) is 5.89 Å². The number of methoxy groups -OCH3 is 1. The molecular weight excluding hydrogens is 244 g/mol. The fourth-order valence-corrected chi connectivity index (χ4v) is 2.27. The number of nitrogens with two attached hydrogens (primary N) is 1. The van der Waals surface area contributed by atoms with Crippen LogP contribution in [0.4, 0.5) is 0 Å². The maximum Gasteiger partial charge on any atom is 0.258 e. The maximum atomic E-state index is 5.57. The van der Waals surface area contributed by atoms with E-state index in [1.165, 1.54) is 0 Å². The molecule has 2 aromatic rings. The maximum absolute atomic E-state index is 5.57. The average Bonchev–Trinajstić information content (AvgIpc) is 2.88. The van der Waals surface area contributed by atoms with Gasteiger partial charge in [-0.25, -0.2) is 0 Å². The van der Waals surface area contributed by atoms with E-state index in [2.05, 4.69) is 15.1 Å². The van der Waals surface area contributed by atoms with Crippen LogP contribution in [0, 0.1) is 0 Å². The topological polar surface area (TPSA) is 87.1 Å². The van der Waals surface area contributed by atoms with E-state index in [1.54, 1.807) is 13.3 Å². The molecule has 0 amide bonds. The van der Waals surface area contributed by atoms with Crippen molar-refractivity contribution in [2.24, 2.45) is 5.73 Å². The van der Waals surface area contributed by atoms with Crippen LogP contribution >= 0.6 is 0 Å². The van der Waals surface area contributed by atoms with Gasteiger partial charge < -0.3 is 15.0 Å². The second-order valence-corrected chi connectivity index (χ2v) is 4.72. The molecule has 1 aliphatic rings. The Kier molecular flexibility index (Phi) is 3.04. The van der Waals surface area contributed by atoms with Crippen LogP contribution in [0.3, 0.4) is 0 Å². The van der Waals surface area contributed by atoms with Gasteiger partial charge >= 0.3 is 0 Å². The van der Waals surface area contributed by atoms with E-state index >= 15 is 0 Å². The summed E-state index contributed by atoms with van der Waals surface area (Å²) in [5, 5.41) is 4.05. The van der Waals surface area contributed by atoms with Crippen molar-refractivity contribution >= 4 is 0 Å². The summed E-state index contributed by atoms with van der Waals surface area (Å²) in [6.45, 7) is 0.386. The summed E-state index contributed by atoms with van der Waals surface area (Å²) in [5.41, 5.74) is 6.85. The number of hydrogen-bond donors (Lipinski definition) is 1. The van der Waals surface area contributed by atoms with Crippen molar-refractivity contribution in [1.82, 2.24) is 15.1 Å². The van der Waals surface area contributed by atoms with E-state index in [4.69, 9.17) is 15.0 Å². The normalized spacial score (nSPS) is 17.2. The molecule has 0 spiro atoms. The predicted octanol–water partition coefficient (Wildman–Crippen LogP) is 1.62. The molecule has 3 rings (SSSR count). The molecule has 0 atom stereocenters. The van der Waals surface area contributed by atoms with E-state index in [1.807, 2.05) is 12.1 Å². The number of hydrogen-bond acceptors (Lipinski definition) is 6. The molecule has 0 bridgehead atoms. The Hall–Kier alpha value is -1.79. The van der Waals surface area contributed by atoms with Gasteiger partial charge in [-0.3, -0.25) is 4.98 Å². The first kappa shape index (κ1) is 12.3. The minimum Gasteiger partial charge on any atom is -0.370 e. The van der Waals surface area contributed by atoms with Crippen LogP contribution in [0.5, 0.6) is 0 Å². The first-order valence-corrected chi connectivity index (χ1v) is 6.32. The Morgan fingerprint density at radius 2 is 2.32 bits per heavy atom. The van der Waals surface area contributed by atoms with Crippen LogP contribution in [-0.4, -0.2) is 22.2 Å². The van der Waals surface area contributed by atoms with Crippen molar-refractivity contribution in [2.45, 2.75) is 31.4 Å².